The lowest BCUT2D eigenvalue weighted by atomic mass is 10.1. The maximum absolute atomic E-state index is 12.2. The highest BCUT2D eigenvalue weighted by atomic mass is 16.5. The van der Waals surface area contributed by atoms with Gasteiger partial charge in [0.25, 0.3) is 5.91 Å². The normalized spacial score (nSPS) is 10.2. The Morgan fingerprint density at radius 2 is 1.80 bits per heavy atom. The molecule has 0 atom stereocenters. The molecule has 0 aliphatic rings. The predicted molar refractivity (Wildman–Crippen MR) is 97.1 cm³/mol. The third kappa shape index (κ3) is 4.83. The first-order valence-electron chi connectivity index (χ1n) is 8.34. The van der Waals surface area contributed by atoms with Crippen molar-refractivity contribution in [3.63, 3.8) is 0 Å². The Hall–Kier alpha value is -2.82. The molecule has 2 rings (SSSR count). The molecule has 0 aliphatic carbocycles. The summed E-state index contributed by atoms with van der Waals surface area (Å²) in [6.45, 7) is 5.88. The van der Waals surface area contributed by atoms with Gasteiger partial charge in [-0.05, 0) is 43.5 Å². The van der Waals surface area contributed by atoms with Crippen molar-refractivity contribution in [3.8, 4) is 5.75 Å². The molecule has 0 unspecified atom stereocenters. The Bertz CT molecular complexity index is 755. The molecule has 0 radical (unpaired) electrons. The molecule has 0 spiro atoms. The molecular weight excluding hydrogens is 318 g/mol. The van der Waals surface area contributed by atoms with E-state index in [-0.39, 0.29) is 12.5 Å². The van der Waals surface area contributed by atoms with Gasteiger partial charge in [-0.2, -0.15) is 0 Å². The van der Waals surface area contributed by atoms with Gasteiger partial charge in [-0.15, -0.1) is 0 Å². The molecule has 0 heterocycles. The minimum Gasteiger partial charge on any atom is -0.493 e. The fourth-order valence-corrected chi connectivity index (χ4v) is 2.50. The highest BCUT2D eigenvalue weighted by Gasteiger charge is 2.16. The molecule has 0 saturated carbocycles. The van der Waals surface area contributed by atoms with E-state index in [0.717, 1.165) is 23.2 Å². The van der Waals surface area contributed by atoms with Crippen LogP contribution in [0.3, 0.4) is 0 Å². The summed E-state index contributed by atoms with van der Waals surface area (Å²) in [6, 6.07) is 12.7. The van der Waals surface area contributed by atoms with Gasteiger partial charge in [0.05, 0.1) is 6.61 Å². The van der Waals surface area contributed by atoms with Gasteiger partial charge in [-0.3, -0.25) is 4.79 Å². The zero-order chi connectivity index (χ0) is 18.2. The summed E-state index contributed by atoms with van der Waals surface area (Å²) in [7, 11) is 0. The van der Waals surface area contributed by atoms with Crippen LogP contribution in [0.2, 0.25) is 0 Å². The van der Waals surface area contributed by atoms with Gasteiger partial charge in [0.2, 0.25) is 0 Å². The number of nitrogens with one attached hydrogen (secondary N) is 1. The Balaban J connectivity index is 2.00. The van der Waals surface area contributed by atoms with Crippen LogP contribution < -0.4 is 10.1 Å². The van der Waals surface area contributed by atoms with Crippen molar-refractivity contribution >= 4 is 17.6 Å². The Morgan fingerprint density at radius 1 is 1.04 bits per heavy atom. The maximum Gasteiger partial charge on any atom is 0.342 e. The van der Waals surface area contributed by atoms with Crippen LogP contribution in [0.4, 0.5) is 5.69 Å². The Kier molecular flexibility index (Phi) is 6.57. The standard InChI is InChI=1S/C20H23NO4/c1-4-15-10-8-9-14(3)19(15)21-18(22)13-25-20(23)16-11-6-7-12-17(16)24-5-2/h6-12H,4-5,13H2,1-3H3,(H,21,22). The van der Waals surface area contributed by atoms with E-state index in [1.54, 1.807) is 24.3 Å². The zero-order valence-electron chi connectivity index (χ0n) is 14.8. The molecule has 1 amide bonds. The highest BCUT2D eigenvalue weighted by molar-refractivity contribution is 5.97. The minimum absolute atomic E-state index is 0.308. The molecule has 132 valence electrons. The van der Waals surface area contributed by atoms with E-state index in [1.165, 1.54) is 0 Å². The predicted octanol–water partition coefficient (Wildman–Crippen LogP) is 3.75. The third-order valence-electron chi connectivity index (χ3n) is 3.75. The average molecular weight is 341 g/mol. The van der Waals surface area contributed by atoms with Crippen LogP contribution in [-0.2, 0) is 16.0 Å². The first-order chi connectivity index (χ1) is 12.1. The monoisotopic (exact) mass is 341 g/mol. The summed E-state index contributed by atoms with van der Waals surface area (Å²) in [6.07, 6.45) is 0.804. The largest absolute Gasteiger partial charge is 0.493 e. The van der Waals surface area contributed by atoms with Crippen LogP contribution in [0.1, 0.15) is 35.3 Å². The number of carbonyl (C=O) groups is 2. The fraction of sp³-hybridized carbons (Fsp3) is 0.300. The van der Waals surface area contributed by atoms with Crippen molar-refractivity contribution < 1.29 is 19.1 Å². The lowest BCUT2D eigenvalue weighted by molar-refractivity contribution is -0.119. The summed E-state index contributed by atoms with van der Waals surface area (Å²) >= 11 is 0. The number of rotatable bonds is 7. The second-order valence-electron chi connectivity index (χ2n) is 5.52. The smallest absolute Gasteiger partial charge is 0.342 e. The topological polar surface area (TPSA) is 64.6 Å². The molecule has 1 N–H and O–H groups in total. The maximum atomic E-state index is 12.2. The van der Waals surface area contributed by atoms with E-state index in [4.69, 9.17) is 9.47 Å². The first-order valence-corrected chi connectivity index (χ1v) is 8.34. The molecule has 25 heavy (non-hydrogen) atoms. The summed E-state index contributed by atoms with van der Waals surface area (Å²) < 4.78 is 10.5. The second-order valence-corrected chi connectivity index (χ2v) is 5.52. The number of hydrogen-bond acceptors (Lipinski definition) is 4. The van der Waals surface area contributed by atoms with Crippen molar-refractivity contribution in [1.82, 2.24) is 0 Å². The molecule has 5 heteroatoms. The zero-order valence-corrected chi connectivity index (χ0v) is 14.8. The quantitative estimate of drug-likeness (QED) is 0.779. The lowest BCUT2D eigenvalue weighted by Gasteiger charge is -2.13. The summed E-state index contributed by atoms with van der Waals surface area (Å²) in [5, 5.41) is 2.83. The lowest BCUT2D eigenvalue weighted by Crippen LogP contribution is -2.22. The number of ether oxygens (including phenoxy) is 2. The van der Waals surface area contributed by atoms with Crippen molar-refractivity contribution in [3.05, 3.63) is 59.2 Å². The number of esters is 1. The van der Waals surface area contributed by atoms with Gasteiger partial charge >= 0.3 is 5.97 Å². The van der Waals surface area contributed by atoms with Crippen LogP contribution in [0.5, 0.6) is 5.75 Å². The van der Waals surface area contributed by atoms with Crippen molar-refractivity contribution in [2.45, 2.75) is 27.2 Å². The average Bonchev–Trinajstić information content (AvgIpc) is 2.62. The minimum atomic E-state index is -0.584. The molecule has 0 aliphatic heterocycles. The molecule has 0 bridgehead atoms. The number of amides is 1. The van der Waals surface area contributed by atoms with Crippen molar-refractivity contribution in [2.75, 3.05) is 18.5 Å². The van der Waals surface area contributed by atoms with Gasteiger partial charge < -0.3 is 14.8 Å². The summed E-state index contributed by atoms with van der Waals surface area (Å²) in [5.41, 5.74) is 3.10. The van der Waals surface area contributed by atoms with E-state index < -0.39 is 5.97 Å². The molecule has 0 aromatic heterocycles. The van der Waals surface area contributed by atoms with Gasteiger partial charge in [0.1, 0.15) is 11.3 Å². The van der Waals surface area contributed by atoms with Crippen LogP contribution >= 0.6 is 0 Å². The SMILES string of the molecule is CCOc1ccccc1C(=O)OCC(=O)Nc1c(C)cccc1CC. The van der Waals surface area contributed by atoms with Crippen LogP contribution in [0.25, 0.3) is 0 Å². The Labute approximate surface area is 148 Å². The Morgan fingerprint density at radius 3 is 2.52 bits per heavy atom. The summed E-state index contributed by atoms with van der Waals surface area (Å²) in [4.78, 5) is 24.4. The van der Waals surface area contributed by atoms with Gasteiger partial charge in [-0.1, -0.05) is 37.3 Å². The first kappa shape index (κ1) is 18.5. The van der Waals surface area contributed by atoms with E-state index in [2.05, 4.69) is 5.32 Å². The third-order valence-corrected chi connectivity index (χ3v) is 3.75. The number of anilines is 1. The number of carbonyl (C=O) groups excluding carboxylic acids is 2. The van der Waals surface area contributed by atoms with Gasteiger partial charge in [0.15, 0.2) is 6.61 Å². The molecule has 0 fully saturated rings. The number of aryl methyl sites for hydroxylation is 2. The second kappa shape index (κ2) is 8.87. The molecule has 2 aromatic carbocycles. The van der Waals surface area contributed by atoms with Crippen LogP contribution in [0.15, 0.2) is 42.5 Å². The number of benzene rings is 2. The van der Waals surface area contributed by atoms with E-state index in [1.807, 2.05) is 39.0 Å². The fourth-order valence-electron chi connectivity index (χ4n) is 2.50. The van der Waals surface area contributed by atoms with Gasteiger partial charge in [0, 0.05) is 5.69 Å². The highest BCUT2D eigenvalue weighted by Crippen LogP contribution is 2.21. The molecular formula is C20H23NO4. The molecule has 5 nitrogen and oxygen atoms in total. The number of para-hydroxylation sites is 2. The van der Waals surface area contributed by atoms with E-state index >= 15 is 0 Å². The van der Waals surface area contributed by atoms with Crippen molar-refractivity contribution in [1.29, 1.82) is 0 Å². The van der Waals surface area contributed by atoms with E-state index in [9.17, 15) is 9.59 Å². The summed E-state index contributed by atoms with van der Waals surface area (Å²) in [5.74, 6) is -0.506. The van der Waals surface area contributed by atoms with Crippen molar-refractivity contribution in [2.24, 2.45) is 0 Å². The van der Waals surface area contributed by atoms with Gasteiger partial charge in [-0.25, -0.2) is 4.79 Å². The van der Waals surface area contributed by atoms with E-state index in [0.29, 0.717) is 17.9 Å². The van der Waals surface area contributed by atoms with Crippen LogP contribution in [-0.4, -0.2) is 25.1 Å². The van der Waals surface area contributed by atoms with Crippen LogP contribution in [0, 0.1) is 6.92 Å². The molecule has 2 aromatic rings. The number of hydrogen-bond donors (Lipinski definition) is 1. The molecule has 0 saturated heterocycles.